The van der Waals surface area contributed by atoms with Crippen molar-refractivity contribution in [3.63, 3.8) is 0 Å². The lowest BCUT2D eigenvalue weighted by molar-refractivity contribution is -0.149. The van der Waals surface area contributed by atoms with Crippen molar-refractivity contribution in [2.45, 2.75) is 25.3 Å². The number of hydrogen-bond acceptors (Lipinski definition) is 5. The van der Waals surface area contributed by atoms with Crippen molar-refractivity contribution in [1.82, 2.24) is 4.90 Å². The average Bonchev–Trinajstić information content (AvgIpc) is 2.57. The van der Waals surface area contributed by atoms with Crippen molar-refractivity contribution in [2.75, 3.05) is 34.5 Å². The van der Waals surface area contributed by atoms with Crippen LogP contribution in [0.3, 0.4) is 0 Å². The minimum absolute atomic E-state index is 0.279. The van der Waals surface area contributed by atoms with Crippen LogP contribution in [0, 0.1) is 0 Å². The third-order valence-electron chi connectivity index (χ3n) is 4.14. The van der Waals surface area contributed by atoms with Crippen LogP contribution in [0.4, 0.5) is 4.39 Å². The Labute approximate surface area is 140 Å². The Hall–Kier alpha value is -2.31. The molecule has 0 spiro atoms. The summed E-state index contributed by atoms with van der Waals surface area (Å²) in [6.45, 7) is 0.0347. The van der Waals surface area contributed by atoms with Gasteiger partial charge < -0.3 is 19.1 Å². The smallest absolute Gasteiger partial charge is 0.328 e. The van der Waals surface area contributed by atoms with E-state index in [0.29, 0.717) is 48.4 Å². The molecule has 1 heterocycles. The maximum absolute atomic E-state index is 12.7. The molecule has 24 heavy (non-hydrogen) atoms. The van der Waals surface area contributed by atoms with Crippen LogP contribution in [0.1, 0.15) is 28.8 Å². The fourth-order valence-corrected chi connectivity index (χ4v) is 2.79. The minimum Gasteiger partial charge on any atom is -0.493 e. The fraction of sp³-hybridized carbons (Fsp3) is 0.529. The highest BCUT2D eigenvalue weighted by atomic mass is 19.1. The van der Waals surface area contributed by atoms with E-state index in [2.05, 4.69) is 0 Å². The van der Waals surface area contributed by atoms with E-state index in [4.69, 9.17) is 14.2 Å². The first-order valence-electron chi connectivity index (χ1n) is 7.77. The van der Waals surface area contributed by atoms with Gasteiger partial charge in [-0.3, -0.25) is 9.18 Å². The number of methoxy groups -OCH3 is 3. The molecule has 1 atom stereocenters. The van der Waals surface area contributed by atoms with Crippen LogP contribution >= 0.6 is 0 Å². The normalized spacial score (nSPS) is 16.3. The zero-order chi connectivity index (χ0) is 17.7. The summed E-state index contributed by atoms with van der Waals surface area (Å²) in [5, 5.41) is 0. The van der Waals surface area contributed by atoms with Gasteiger partial charge in [0.1, 0.15) is 6.04 Å². The van der Waals surface area contributed by atoms with Gasteiger partial charge >= 0.3 is 5.97 Å². The minimum atomic E-state index is -0.551. The SMILES string of the molecule is COC(=O)[C@H]1CCN1C(=O)c1cc(CCCF)c(OC)c(OC)c1. The molecule has 1 aromatic carbocycles. The van der Waals surface area contributed by atoms with Gasteiger partial charge in [0, 0.05) is 12.1 Å². The first-order chi connectivity index (χ1) is 11.6. The Balaban J connectivity index is 2.32. The second-order valence-electron chi connectivity index (χ2n) is 5.49. The highest BCUT2D eigenvalue weighted by Gasteiger charge is 2.39. The summed E-state index contributed by atoms with van der Waals surface area (Å²) in [7, 11) is 4.28. The van der Waals surface area contributed by atoms with E-state index in [1.807, 2.05) is 0 Å². The van der Waals surface area contributed by atoms with E-state index in [9.17, 15) is 14.0 Å². The standard InChI is InChI=1S/C17H22FNO5/c1-22-14-10-12(9-11(5-4-7-18)15(14)23-2)16(20)19-8-6-13(19)17(21)24-3/h9-10,13H,4-8H2,1-3H3/t13-/m1/s1. The molecule has 0 aliphatic carbocycles. The van der Waals surface area contributed by atoms with Crippen LogP contribution in [-0.2, 0) is 16.0 Å². The molecule has 132 valence electrons. The number of nitrogens with zero attached hydrogens (tertiary/aromatic N) is 1. The van der Waals surface area contributed by atoms with E-state index >= 15 is 0 Å². The lowest BCUT2D eigenvalue weighted by atomic mass is 9.99. The number of ether oxygens (including phenoxy) is 3. The molecule has 6 nitrogen and oxygen atoms in total. The number of esters is 1. The Morgan fingerprint density at radius 1 is 1.25 bits per heavy atom. The first-order valence-corrected chi connectivity index (χ1v) is 7.77. The number of benzene rings is 1. The van der Waals surface area contributed by atoms with Gasteiger partial charge in [-0.15, -0.1) is 0 Å². The molecule has 0 N–H and O–H groups in total. The van der Waals surface area contributed by atoms with Crippen LogP contribution in [-0.4, -0.2) is 57.4 Å². The fourth-order valence-electron chi connectivity index (χ4n) is 2.79. The molecule has 2 rings (SSSR count). The van der Waals surface area contributed by atoms with Crippen LogP contribution in [0.5, 0.6) is 11.5 Å². The number of rotatable bonds is 7. The highest BCUT2D eigenvalue weighted by molar-refractivity contribution is 5.98. The van der Waals surface area contributed by atoms with Crippen molar-refractivity contribution in [1.29, 1.82) is 0 Å². The average molecular weight is 339 g/mol. The summed E-state index contributed by atoms with van der Waals surface area (Å²) in [6.07, 6.45) is 1.34. The zero-order valence-electron chi connectivity index (χ0n) is 14.1. The molecular formula is C17H22FNO5. The van der Waals surface area contributed by atoms with Gasteiger partial charge in [0.05, 0.1) is 28.0 Å². The monoisotopic (exact) mass is 339 g/mol. The molecule has 1 saturated heterocycles. The van der Waals surface area contributed by atoms with Gasteiger partial charge in [0.15, 0.2) is 11.5 Å². The molecule has 1 aliphatic heterocycles. The van der Waals surface area contributed by atoms with Crippen molar-refractivity contribution in [3.05, 3.63) is 23.3 Å². The van der Waals surface area contributed by atoms with Gasteiger partial charge in [0.25, 0.3) is 5.91 Å². The second kappa shape index (κ2) is 7.99. The third-order valence-corrected chi connectivity index (χ3v) is 4.14. The van der Waals surface area contributed by atoms with Gasteiger partial charge in [-0.2, -0.15) is 0 Å². The number of halogens is 1. The van der Waals surface area contributed by atoms with E-state index in [-0.39, 0.29) is 5.91 Å². The lowest BCUT2D eigenvalue weighted by Crippen LogP contribution is -2.55. The first kappa shape index (κ1) is 18.0. The molecule has 0 unspecified atom stereocenters. The molecule has 1 fully saturated rings. The summed E-state index contributed by atoms with van der Waals surface area (Å²) in [6, 6.07) is 2.70. The molecular weight excluding hydrogens is 317 g/mol. The number of alkyl halides is 1. The van der Waals surface area contributed by atoms with Crippen LogP contribution in [0.2, 0.25) is 0 Å². The maximum Gasteiger partial charge on any atom is 0.328 e. The zero-order valence-corrected chi connectivity index (χ0v) is 14.1. The Bertz CT molecular complexity index is 619. The molecule has 0 radical (unpaired) electrons. The predicted octanol–water partition coefficient (Wildman–Crippen LogP) is 1.99. The molecule has 1 amide bonds. The summed E-state index contributed by atoms with van der Waals surface area (Å²) in [5.41, 5.74) is 1.09. The van der Waals surface area contributed by atoms with Crippen LogP contribution < -0.4 is 9.47 Å². The van der Waals surface area contributed by atoms with Gasteiger partial charge in [-0.05, 0) is 37.0 Å². The maximum atomic E-state index is 12.7. The van der Waals surface area contributed by atoms with Gasteiger partial charge in [-0.25, -0.2) is 4.79 Å². The van der Waals surface area contributed by atoms with E-state index in [0.717, 1.165) is 0 Å². The molecule has 1 aliphatic rings. The number of hydrogen-bond donors (Lipinski definition) is 0. The quantitative estimate of drug-likeness (QED) is 0.711. The number of carbonyl (C=O) groups is 2. The van der Waals surface area contributed by atoms with Crippen molar-refractivity contribution < 1.29 is 28.2 Å². The second-order valence-corrected chi connectivity index (χ2v) is 5.49. The van der Waals surface area contributed by atoms with E-state index < -0.39 is 18.7 Å². The van der Waals surface area contributed by atoms with Crippen molar-refractivity contribution >= 4 is 11.9 Å². The lowest BCUT2D eigenvalue weighted by Gasteiger charge is -2.38. The van der Waals surface area contributed by atoms with Gasteiger partial charge in [-0.1, -0.05) is 0 Å². The number of aryl methyl sites for hydroxylation is 1. The van der Waals surface area contributed by atoms with E-state index in [1.165, 1.54) is 26.2 Å². The van der Waals surface area contributed by atoms with Crippen LogP contribution in [0.25, 0.3) is 0 Å². The molecule has 7 heteroatoms. The highest BCUT2D eigenvalue weighted by Crippen LogP contribution is 2.34. The Morgan fingerprint density at radius 2 is 2.00 bits per heavy atom. The Kier molecular flexibility index (Phi) is 6.00. The predicted molar refractivity (Wildman–Crippen MR) is 85.3 cm³/mol. The molecule has 0 bridgehead atoms. The summed E-state index contributed by atoms with van der Waals surface area (Å²) in [5.74, 6) is 0.204. The molecule has 0 aromatic heterocycles. The van der Waals surface area contributed by atoms with E-state index in [1.54, 1.807) is 12.1 Å². The largest absolute Gasteiger partial charge is 0.493 e. The summed E-state index contributed by atoms with van der Waals surface area (Å²) >= 11 is 0. The number of carbonyl (C=O) groups excluding carboxylic acids is 2. The molecule has 1 aromatic rings. The summed E-state index contributed by atoms with van der Waals surface area (Å²) < 4.78 is 27.9. The van der Waals surface area contributed by atoms with Crippen LogP contribution in [0.15, 0.2) is 12.1 Å². The van der Waals surface area contributed by atoms with Crippen molar-refractivity contribution in [2.24, 2.45) is 0 Å². The summed E-state index contributed by atoms with van der Waals surface area (Å²) in [4.78, 5) is 25.8. The molecule has 0 saturated carbocycles. The Morgan fingerprint density at radius 3 is 2.50 bits per heavy atom. The topological polar surface area (TPSA) is 65.1 Å². The number of amides is 1. The number of likely N-dealkylation sites (tertiary alicyclic amines) is 1. The third kappa shape index (κ3) is 3.44. The van der Waals surface area contributed by atoms with Gasteiger partial charge in [0.2, 0.25) is 0 Å². The van der Waals surface area contributed by atoms with Crippen molar-refractivity contribution in [3.8, 4) is 11.5 Å².